The molecular weight excluding hydrogens is 259 g/mol. The van der Waals surface area contributed by atoms with Crippen molar-refractivity contribution in [1.29, 1.82) is 0 Å². The molecule has 6 nitrogen and oxygen atoms in total. The first-order chi connectivity index (χ1) is 7.21. The minimum Gasteiger partial charge on any atom is -0.211 e. The van der Waals surface area contributed by atoms with E-state index in [1.165, 1.54) is 4.83 Å². The first-order valence-corrected chi connectivity index (χ1v) is 7.23. The molecule has 0 spiro atoms. The van der Waals surface area contributed by atoms with Gasteiger partial charge in [-0.3, -0.25) is 0 Å². The minimum atomic E-state index is -4.14. The van der Waals surface area contributed by atoms with Crippen molar-refractivity contribution in [2.24, 2.45) is 0 Å². The van der Waals surface area contributed by atoms with Gasteiger partial charge in [0, 0.05) is 0 Å². The Hall–Kier alpha value is -1.03. The molecule has 9 heteroatoms. The lowest BCUT2D eigenvalue weighted by molar-refractivity contribution is 0.558. The number of halogens is 1. The summed E-state index contributed by atoms with van der Waals surface area (Å²) in [7, 11) is -7.89. The van der Waals surface area contributed by atoms with Crippen LogP contribution in [0, 0.1) is 5.82 Å². The van der Waals surface area contributed by atoms with Crippen LogP contribution in [0.4, 0.5) is 4.39 Å². The predicted octanol–water partition coefficient (Wildman–Crippen LogP) is -0.417. The molecule has 0 unspecified atom stereocenters. The highest BCUT2D eigenvalue weighted by Gasteiger charge is 2.17. The first-order valence-electron chi connectivity index (χ1n) is 3.90. The van der Waals surface area contributed by atoms with Crippen LogP contribution in [-0.2, 0) is 20.0 Å². The largest absolute Gasteiger partial charge is 0.272 e. The Morgan fingerprint density at radius 3 is 2.06 bits per heavy atom. The van der Waals surface area contributed by atoms with Gasteiger partial charge in [-0.25, -0.2) is 21.2 Å². The molecule has 0 heterocycles. The third kappa shape index (κ3) is 3.85. The van der Waals surface area contributed by atoms with Gasteiger partial charge < -0.3 is 0 Å². The molecule has 1 aromatic carbocycles. The molecule has 1 aromatic rings. The number of hydrogen-bond acceptors (Lipinski definition) is 4. The monoisotopic (exact) mass is 267 g/mol. The molecule has 0 aliphatic carbocycles. The van der Waals surface area contributed by atoms with Crippen molar-refractivity contribution in [2.45, 2.75) is 4.90 Å². The summed E-state index contributed by atoms with van der Waals surface area (Å²) in [6.45, 7) is 0. The van der Waals surface area contributed by atoms with Crippen LogP contribution in [0.3, 0.4) is 0 Å². The molecule has 0 atom stereocenters. The number of benzene rings is 1. The number of rotatable bonds is 4. The lowest BCUT2D eigenvalue weighted by atomic mass is 10.4. The van der Waals surface area contributed by atoms with E-state index in [1.807, 2.05) is 0 Å². The molecule has 0 amide bonds. The molecule has 89 valence electrons. The van der Waals surface area contributed by atoms with Crippen LogP contribution in [0.15, 0.2) is 29.2 Å². The van der Waals surface area contributed by atoms with E-state index in [2.05, 4.69) is 4.83 Å². The first kappa shape index (κ1) is 13.0. The van der Waals surface area contributed by atoms with Gasteiger partial charge in [0.25, 0.3) is 10.0 Å². The summed E-state index contributed by atoms with van der Waals surface area (Å²) < 4.78 is 56.5. The molecule has 0 aliphatic heterocycles. The van der Waals surface area contributed by atoms with E-state index in [0.717, 1.165) is 30.5 Å². The van der Waals surface area contributed by atoms with E-state index >= 15 is 0 Å². The van der Waals surface area contributed by atoms with Crippen molar-refractivity contribution in [1.82, 2.24) is 9.66 Å². The maximum absolute atomic E-state index is 12.5. The van der Waals surface area contributed by atoms with Crippen molar-refractivity contribution >= 4 is 20.0 Å². The average Bonchev–Trinajstić information content (AvgIpc) is 2.15. The second-order valence-corrected chi connectivity index (χ2v) is 6.21. The van der Waals surface area contributed by atoms with Crippen LogP contribution in [-0.4, -0.2) is 23.1 Å². The van der Waals surface area contributed by atoms with Crippen molar-refractivity contribution < 1.29 is 21.2 Å². The van der Waals surface area contributed by atoms with Crippen LogP contribution < -0.4 is 9.66 Å². The fourth-order valence-electron chi connectivity index (χ4n) is 0.776. The molecule has 0 fully saturated rings. The van der Waals surface area contributed by atoms with E-state index in [4.69, 9.17) is 0 Å². The lowest BCUT2D eigenvalue weighted by Crippen LogP contribution is -2.34. The van der Waals surface area contributed by atoms with Crippen LogP contribution in [0.2, 0.25) is 0 Å². The summed E-state index contributed by atoms with van der Waals surface area (Å²) in [6, 6.07) is 3.84. The molecule has 0 aliphatic rings. The van der Waals surface area contributed by atoms with Crippen LogP contribution in [0.25, 0.3) is 0 Å². The van der Waals surface area contributed by atoms with Crippen molar-refractivity contribution in [3.8, 4) is 0 Å². The SMILES string of the molecule is CS(=O)(=O)N[N]S(=O)(=O)c1ccc(F)cc1. The molecule has 0 bridgehead atoms. The van der Waals surface area contributed by atoms with Crippen LogP contribution in [0.5, 0.6) is 0 Å². The zero-order valence-electron chi connectivity index (χ0n) is 8.08. The van der Waals surface area contributed by atoms with E-state index < -0.39 is 25.9 Å². The zero-order chi connectivity index (χ0) is 12.4. The van der Waals surface area contributed by atoms with E-state index in [1.54, 1.807) is 0 Å². The highest BCUT2D eigenvalue weighted by molar-refractivity contribution is 7.92. The maximum Gasteiger partial charge on any atom is 0.272 e. The van der Waals surface area contributed by atoms with Gasteiger partial charge in [-0.2, -0.15) is 0 Å². The highest BCUT2D eigenvalue weighted by atomic mass is 32.2. The van der Waals surface area contributed by atoms with Crippen molar-refractivity contribution in [3.05, 3.63) is 30.1 Å². The molecular formula is C7H8FN2O4S2. The Kier molecular flexibility index (Phi) is 3.63. The second-order valence-electron chi connectivity index (χ2n) is 2.88. The Bertz CT molecular complexity index is 565. The quantitative estimate of drug-likeness (QED) is 0.750. The molecule has 1 rings (SSSR count). The maximum atomic E-state index is 12.5. The summed E-state index contributed by atoms with van der Waals surface area (Å²) in [4.78, 5) is 4.03. The summed E-state index contributed by atoms with van der Waals surface area (Å²) >= 11 is 0. The third-order valence-corrected chi connectivity index (χ3v) is 3.17. The lowest BCUT2D eigenvalue weighted by Gasteiger charge is -2.03. The Morgan fingerprint density at radius 2 is 1.62 bits per heavy atom. The van der Waals surface area contributed by atoms with Gasteiger partial charge in [0.15, 0.2) is 0 Å². The molecule has 1 radical (unpaired) electrons. The van der Waals surface area contributed by atoms with Crippen LogP contribution in [0.1, 0.15) is 0 Å². The summed E-state index contributed by atoms with van der Waals surface area (Å²) in [5, 5.41) is 0. The Morgan fingerprint density at radius 1 is 1.12 bits per heavy atom. The van der Waals surface area contributed by atoms with E-state index in [0.29, 0.717) is 0 Å². The number of nitrogens with one attached hydrogen (secondary N) is 1. The average molecular weight is 267 g/mol. The Balaban J connectivity index is 2.91. The van der Waals surface area contributed by atoms with Gasteiger partial charge in [0.05, 0.1) is 11.2 Å². The van der Waals surface area contributed by atoms with Crippen LogP contribution >= 0.6 is 0 Å². The molecule has 0 saturated heterocycles. The fraction of sp³-hybridized carbons (Fsp3) is 0.143. The van der Waals surface area contributed by atoms with Gasteiger partial charge in [-0.1, -0.05) is 0 Å². The predicted molar refractivity (Wildman–Crippen MR) is 53.7 cm³/mol. The van der Waals surface area contributed by atoms with Gasteiger partial charge in [-0.05, 0) is 29.1 Å². The third-order valence-electron chi connectivity index (χ3n) is 1.43. The Labute approximate surface area is 92.6 Å². The number of hydrogen-bond donors (Lipinski definition) is 1. The molecule has 1 N–H and O–H groups in total. The number of nitrogens with zero attached hydrogens (tertiary/aromatic N) is 1. The van der Waals surface area contributed by atoms with Gasteiger partial charge >= 0.3 is 0 Å². The summed E-state index contributed by atoms with van der Waals surface area (Å²) in [6.07, 6.45) is 0.761. The fourth-order valence-corrected chi connectivity index (χ4v) is 2.30. The molecule has 16 heavy (non-hydrogen) atoms. The van der Waals surface area contributed by atoms with Gasteiger partial charge in [-0.15, -0.1) is 4.83 Å². The molecule has 0 aromatic heterocycles. The second kappa shape index (κ2) is 4.45. The molecule has 0 saturated carbocycles. The highest BCUT2D eigenvalue weighted by Crippen LogP contribution is 2.09. The zero-order valence-corrected chi connectivity index (χ0v) is 9.72. The topological polar surface area (TPSA) is 94.4 Å². The normalized spacial score (nSPS) is 12.6. The summed E-state index contributed by atoms with van der Waals surface area (Å²) in [5.74, 6) is -0.602. The minimum absolute atomic E-state index is 0.301. The van der Waals surface area contributed by atoms with Gasteiger partial charge in [0.2, 0.25) is 10.0 Å². The standard InChI is InChI=1S/C7H8FN2O4S2/c1-15(11,12)9-10-16(13,14)7-4-2-6(8)3-5-7/h2-5,9H,1H3. The van der Waals surface area contributed by atoms with Crippen molar-refractivity contribution in [2.75, 3.05) is 6.26 Å². The van der Waals surface area contributed by atoms with Gasteiger partial charge in [0.1, 0.15) is 5.82 Å². The number of sulfonamides is 2. The van der Waals surface area contributed by atoms with E-state index in [-0.39, 0.29) is 4.90 Å². The van der Waals surface area contributed by atoms with Crippen molar-refractivity contribution in [3.63, 3.8) is 0 Å². The van der Waals surface area contributed by atoms with E-state index in [9.17, 15) is 21.2 Å². The smallest absolute Gasteiger partial charge is 0.211 e. The summed E-state index contributed by atoms with van der Waals surface area (Å²) in [5.41, 5.74) is 0.